The van der Waals surface area contributed by atoms with Crippen LogP contribution in [0.5, 0.6) is 0 Å². The standard InChI is InChI=1S/C12H16N2/c1-5-14-12(13)11-7-9(3)8(2)6-10(11)4/h5-7H,1H2,2-4H3,(H2,13,14). The first kappa shape index (κ1) is 10.5. The third kappa shape index (κ3) is 2.02. The lowest BCUT2D eigenvalue weighted by molar-refractivity contribution is 1.28. The molecule has 0 radical (unpaired) electrons. The molecule has 0 saturated carbocycles. The number of amidine groups is 1. The van der Waals surface area contributed by atoms with Crippen molar-refractivity contribution in [3.05, 3.63) is 47.2 Å². The molecule has 1 aromatic carbocycles. The second-order valence-electron chi connectivity index (χ2n) is 3.45. The Kier molecular flexibility index (Phi) is 3.07. The average Bonchev–Trinajstić information content (AvgIpc) is 2.11. The van der Waals surface area contributed by atoms with Gasteiger partial charge in [-0.2, -0.15) is 0 Å². The minimum absolute atomic E-state index is 0.528. The fourth-order valence-corrected chi connectivity index (χ4v) is 1.40. The molecule has 0 aromatic heterocycles. The van der Waals surface area contributed by atoms with Crippen molar-refractivity contribution >= 4 is 5.84 Å². The van der Waals surface area contributed by atoms with Gasteiger partial charge in [0.1, 0.15) is 5.84 Å². The zero-order valence-corrected chi connectivity index (χ0v) is 8.96. The predicted molar refractivity (Wildman–Crippen MR) is 61.6 cm³/mol. The summed E-state index contributed by atoms with van der Waals surface area (Å²) in [5.41, 5.74) is 10.5. The van der Waals surface area contributed by atoms with Crippen LogP contribution in [-0.4, -0.2) is 5.84 Å². The summed E-state index contributed by atoms with van der Waals surface area (Å²) in [7, 11) is 0. The average molecular weight is 188 g/mol. The topological polar surface area (TPSA) is 38.4 Å². The Bertz CT molecular complexity index is 390. The van der Waals surface area contributed by atoms with Crippen molar-refractivity contribution in [2.45, 2.75) is 20.8 Å². The molecule has 0 bridgehead atoms. The lowest BCUT2D eigenvalue weighted by atomic mass is 10.0. The van der Waals surface area contributed by atoms with Crippen LogP contribution in [0.15, 0.2) is 29.9 Å². The molecule has 0 heterocycles. The van der Waals surface area contributed by atoms with Gasteiger partial charge in [-0.15, -0.1) is 0 Å². The van der Waals surface area contributed by atoms with Gasteiger partial charge >= 0.3 is 0 Å². The van der Waals surface area contributed by atoms with E-state index in [9.17, 15) is 0 Å². The highest BCUT2D eigenvalue weighted by molar-refractivity contribution is 5.99. The van der Waals surface area contributed by atoms with Crippen molar-refractivity contribution in [3.63, 3.8) is 0 Å². The van der Waals surface area contributed by atoms with Crippen LogP contribution < -0.4 is 5.73 Å². The Morgan fingerprint density at radius 2 is 1.79 bits per heavy atom. The van der Waals surface area contributed by atoms with Crippen LogP contribution >= 0.6 is 0 Å². The van der Waals surface area contributed by atoms with Crippen molar-refractivity contribution in [3.8, 4) is 0 Å². The molecule has 2 heteroatoms. The van der Waals surface area contributed by atoms with E-state index in [-0.39, 0.29) is 0 Å². The van der Waals surface area contributed by atoms with Gasteiger partial charge in [0, 0.05) is 11.8 Å². The summed E-state index contributed by atoms with van der Waals surface area (Å²) in [6.45, 7) is 9.72. The number of benzene rings is 1. The second-order valence-corrected chi connectivity index (χ2v) is 3.45. The summed E-state index contributed by atoms with van der Waals surface area (Å²) >= 11 is 0. The molecule has 0 saturated heterocycles. The summed E-state index contributed by atoms with van der Waals surface area (Å²) in [5.74, 6) is 0.528. The van der Waals surface area contributed by atoms with Crippen molar-refractivity contribution in [2.24, 2.45) is 10.7 Å². The monoisotopic (exact) mass is 188 g/mol. The van der Waals surface area contributed by atoms with Gasteiger partial charge in [0.15, 0.2) is 0 Å². The van der Waals surface area contributed by atoms with Crippen LogP contribution in [0.2, 0.25) is 0 Å². The van der Waals surface area contributed by atoms with Gasteiger partial charge in [0.05, 0.1) is 0 Å². The molecular weight excluding hydrogens is 172 g/mol. The zero-order chi connectivity index (χ0) is 10.7. The molecule has 0 spiro atoms. The molecule has 0 amide bonds. The highest BCUT2D eigenvalue weighted by Crippen LogP contribution is 2.14. The molecule has 0 atom stereocenters. The Hall–Kier alpha value is -1.57. The quantitative estimate of drug-likeness (QED) is 0.562. The van der Waals surface area contributed by atoms with Crippen molar-refractivity contribution < 1.29 is 0 Å². The third-order valence-electron chi connectivity index (χ3n) is 2.35. The van der Waals surface area contributed by atoms with E-state index in [1.807, 2.05) is 6.92 Å². The minimum Gasteiger partial charge on any atom is -0.383 e. The van der Waals surface area contributed by atoms with Crippen LogP contribution in [-0.2, 0) is 0 Å². The van der Waals surface area contributed by atoms with Gasteiger partial charge in [0.2, 0.25) is 0 Å². The molecular formula is C12H16N2. The number of rotatable bonds is 2. The lowest BCUT2D eigenvalue weighted by Gasteiger charge is -2.08. The van der Waals surface area contributed by atoms with Gasteiger partial charge in [-0.3, -0.25) is 0 Å². The summed E-state index contributed by atoms with van der Waals surface area (Å²) in [4.78, 5) is 3.98. The van der Waals surface area contributed by atoms with E-state index in [2.05, 4.69) is 37.6 Å². The summed E-state index contributed by atoms with van der Waals surface area (Å²) in [6.07, 6.45) is 1.46. The van der Waals surface area contributed by atoms with Crippen molar-refractivity contribution in [2.75, 3.05) is 0 Å². The Balaban J connectivity index is 3.29. The fourth-order valence-electron chi connectivity index (χ4n) is 1.40. The zero-order valence-electron chi connectivity index (χ0n) is 8.96. The number of nitrogens with zero attached hydrogens (tertiary/aromatic N) is 1. The molecule has 0 unspecified atom stereocenters. The number of hydrogen-bond donors (Lipinski definition) is 1. The Labute approximate surface area is 85.2 Å². The summed E-state index contributed by atoms with van der Waals surface area (Å²) in [6, 6.07) is 4.18. The first-order valence-electron chi connectivity index (χ1n) is 4.58. The normalized spacial score (nSPS) is 11.5. The van der Waals surface area contributed by atoms with Crippen LogP contribution in [0, 0.1) is 20.8 Å². The van der Waals surface area contributed by atoms with E-state index in [1.165, 1.54) is 17.3 Å². The molecule has 0 aliphatic carbocycles. The number of nitrogens with two attached hydrogens (primary N) is 1. The van der Waals surface area contributed by atoms with Crippen LogP contribution in [0.4, 0.5) is 0 Å². The second kappa shape index (κ2) is 4.09. The summed E-state index contributed by atoms with van der Waals surface area (Å²) < 4.78 is 0. The van der Waals surface area contributed by atoms with Crippen LogP contribution in [0.25, 0.3) is 0 Å². The van der Waals surface area contributed by atoms with E-state index in [0.717, 1.165) is 11.1 Å². The number of hydrogen-bond acceptors (Lipinski definition) is 1. The van der Waals surface area contributed by atoms with Gasteiger partial charge in [-0.1, -0.05) is 12.6 Å². The molecule has 0 fully saturated rings. The molecule has 2 N–H and O–H groups in total. The SMILES string of the molecule is C=CN=C(N)c1cc(C)c(C)cc1C. The maximum atomic E-state index is 5.80. The maximum absolute atomic E-state index is 5.80. The molecule has 2 nitrogen and oxygen atoms in total. The number of aliphatic imine (C=N–C) groups is 1. The first-order valence-corrected chi connectivity index (χ1v) is 4.58. The van der Waals surface area contributed by atoms with Crippen LogP contribution in [0.1, 0.15) is 22.3 Å². The minimum atomic E-state index is 0.528. The highest BCUT2D eigenvalue weighted by atomic mass is 14.8. The fraction of sp³-hybridized carbons (Fsp3) is 0.250. The van der Waals surface area contributed by atoms with E-state index < -0.39 is 0 Å². The molecule has 0 aliphatic heterocycles. The Morgan fingerprint density at radius 1 is 1.21 bits per heavy atom. The van der Waals surface area contributed by atoms with E-state index in [1.54, 1.807) is 0 Å². The van der Waals surface area contributed by atoms with Crippen molar-refractivity contribution in [1.82, 2.24) is 0 Å². The van der Waals surface area contributed by atoms with Gasteiger partial charge in [-0.05, 0) is 43.5 Å². The van der Waals surface area contributed by atoms with E-state index >= 15 is 0 Å². The smallest absolute Gasteiger partial charge is 0.130 e. The predicted octanol–water partition coefficient (Wildman–Crippen LogP) is 2.46. The molecule has 0 aliphatic rings. The molecule has 14 heavy (non-hydrogen) atoms. The van der Waals surface area contributed by atoms with Gasteiger partial charge in [0.25, 0.3) is 0 Å². The third-order valence-corrected chi connectivity index (χ3v) is 2.35. The lowest BCUT2D eigenvalue weighted by Crippen LogP contribution is -2.14. The number of aryl methyl sites for hydroxylation is 3. The highest BCUT2D eigenvalue weighted by Gasteiger charge is 2.04. The molecule has 74 valence electrons. The van der Waals surface area contributed by atoms with Gasteiger partial charge < -0.3 is 5.73 Å². The first-order chi connectivity index (χ1) is 6.56. The van der Waals surface area contributed by atoms with E-state index in [4.69, 9.17) is 5.73 Å². The molecule has 1 aromatic rings. The maximum Gasteiger partial charge on any atom is 0.130 e. The van der Waals surface area contributed by atoms with Gasteiger partial charge in [-0.25, -0.2) is 4.99 Å². The summed E-state index contributed by atoms with van der Waals surface area (Å²) in [5, 5.41) is 0. The van der Waals surface area contributed by atoms with E-state index in [0.29, 0.717) is 5.84 Å². The molecule has 1 rings (SSSR count). The largest absolute Gasteiger partial charge is 0.383 e. The van der Waals surface area contributed by atoms with Crippen molar-refractivity contribution in [1.29, 1.82) is 0 Å². The van der Waals surface area contributed by atoms with Crippen LogP contribution in [0.3, 0.4) is 0 Å². The Morgan fingerprint density at radius 3 is 2.36 bits per heavy atom.